The highest BCUT2D eigenvalue weighted by Crippen LogP contribution is 2.07. The molecule has 0 aromatic heterocycles. The SMILES string of the molecule is CC(CNC(C)C(C)(C)O)N(C)C. The van der Waals surface area contributed by atoms with Crippen molar-refractivity contribution >= 4 is 0 Å². The first-order chi connectivity index (χ1) is 5.75. The molecule has 3 heteroatoms. The molecule has 13 heavy (non-hydrogen) atoms. The standard InChI is InChI=1S/C10H24N2O/c1-8(12(5)6)7-11-9(2)10(3,4)13/h8-9,11,13H,7H2,1-6H3. The lowest BCUT2D eigenvalue weighted by molar-refractivity contribution is 0.0424. The van der Waals surface area contributed by atoms with E-state index in [2.05, 4.69) is 31.2 Å². The van der Waals surface area contributed by atoms with E-state index in [1.165, 1.54) is 0 Å². The number of nitrogens with one attached hydrogen (secondary N) is 1. The predicted molar refractivity (Wildman–Crippen MR) is 56.9 cm³/mol. The molecule has 0 aliphatic carbocycles. The van der Waals surface area contributed by atoms with E-state index in [1.54, 1.807) is 0 Å². The van der Waals surface area contributed by atoms with Gasteiger partial charge in [0.05, 0.1) is 5.60 Å². The van der Waals surface area contributed by atoms with E-state index in [1.807, 2.05) is 20.8 Å². The quantitative estimate of drug-likeness (QED) is 0.666. The summed E-state index contributed by atoms with van der Waals surface area (Å²) in [4.78, 5) is 2.16. The van der Waals surface area contributed by atoms with Crippen molar-refractivity contribution in [3.05, 3.63) is 0 Å². The summed E-state index contributed by atoms with van der Waals surface area (Å²) in [6, 6.07) is 0.611. The van der Waals surface area contributed by atoms with Crippen molar-refractivity contribution < 1.29 is 5.11 Å². The second kappa shape index (κ2) is 4.94. The zero-order valence-corrected chi connectivity index (χ0v) is 9.76. The van der Waals surface area contributed by atoms with Gasteiger partial charge in [-0.3, -0.25) is 0 Å². The Morgan fingerprint density at radius 1 is 1.31 bits per heavy atom. The van der Waals surface area contributed by atoms with Crippen LogP contribution < -0.4 is 5.32 Å². The molecule has 0 aromatic rings. The summed E-state index contributed by atoms with van der Waals surface area (Å²) in [5.41, 5.74) is -0.647. The molecule has 0 bridgehead atoms. The summed E-state index contributed by atoms with van der Waals surface area (Å²) in [5.74, 6) is 0. The number of hydrogen-bond acceptors (Lipinski definition) is 3. The Labute approximate surface area is 82.1 Å². The van der Waals surface area contributed by atoms with Crippen LogP contribution in [0, 0.1) is 0 Å². The van der Waals surface area contributed by atoms with Crippen LogP contribution in [-0.2, 0) is 0 Å². The van der Waals surface area contributed by atoms with E-state index in [9.17, 15) is 5.11 Å². The summed E-state index contributed by atoms with van der Waals surface area (Å²) >= 11 is 0. The third-order valence-corrected chi connectivity index (χ3v) is 2.66. The summed E-state index contributed by atoms with van der Waals surface area (Å²) in [6.07, 6.45) is 0. The molecule has 0 spiro atoms. The molecular weight excluding hydrogens is 164 g/mol. The van der Waals surface area contributed by atoms with E-state index < -0.39 is 5.60 Å². The molecule has 0 aliphatic rings. The molecule has 0 aromatic carbocycles. The normalized spacial score (nSPS) is 17.5. The second-order valence-corrected chi connectivity index (χ2v) is 4.60. The van der Waals surface area contributed by atoms with Crippen molar-refractivity contribution in [1.82, 2.24) is 10.2 Å². The molecular formula is C10H24N2O. The fourth-order valence-corrected chi connectivity index (χ4v) is 0.780. The van der Waals surface area contributed by atoms with Gasteiger partial charge < -0.3 is 15.3 Å². The smallest absolute Gasteiger partial charge is 0.0741 e. The lowest BCUT2D eigenvalue weighted by Crippen LogP contribution is -2.48. The van der Waals surface area contributed by atoms with E-state index in [0.717, 1.165) is 6.54 Å². The Morgan fingerprint density at radius 3 is 2.08 bits per heavy atom. The molecule has 2 atom stereocenters. The van der Waals surface area contributed by atoms with Gasteiger partial charge in [-0.25, -0.2) is 0 Å². The van der Waals surface area contributed by atoms with Gasteiger partial charge in [-0.05, 0) is 41.8 Å². The number of hydrogen-bond donors (Lipinski definition) is 2. The van der Waals surface area contributed by atoms with Gasteiger partial charge in [-0.15, -0.1) is 0 Å². The zero-order valence-electron chi connectivity index (χ0n) is 9.76. The van der Waals surface area contributed by atoms with Crippen LogP contribution in [-0.4, -0.2) is 48.3 Å². The number of nitrogens with zero attached hydrogens (tertiary/aromatic N) is 1. The lowest BCUT2D eigenvalue weighted by Gasteiger charge is -2.29. The van der Waals surface area contributed by atoms with Crippen LogP contribution in [0.5, 0.6) is 0 Å². The van der Waals surface area contributed by atoms with Crippen LogP contribution >= 0.6 is 0 Å². The third kappa shape index (κ3) is 5.24. The Bertz CT molecular complexity index is 140. The summed E-state index contributed by atoms with van der Waals surface area (Å²) < 4.78 is 0. The minimum Gasteiger partial charge on any atom is -0.389 e. The fourth-order valence-electron chi connectivity index (χ4n) is 0.780. The summed E-state index contributed by atoms with van der Waals surface area (Å²) in [5, 5.41) is 13.0. The van der Waals surface area contributed by atoms with Crippen LogP contribution in [0.15, 0.2) is 0 Å². The third-order valence-electron chi connectivity index (χ3n) is 2.66. The number of aliphatic hydroxyl groups is 1. The van der Waals surface area contributed by atoms with Gasteiger partial charge in [-0.1, -0.05) is 0 Å². The van der Waals surface area contributed by atoms with Crippen molar-refractivity contribution in [2.24, 2.45) is 0 Å². The second-order valence-electron chi connectivity index (χ2n) is 4.60. The first-order valence-electron chi connectivity index (χ1n) is 4.87. The van der Waals surface area contributed by atoms with Crippen molar-refractivity contribution in [1.29, 1.82) is 0 Å². The topological polar surface area (TPSA) is 35.5 Å². The molecule has 0 saturated heterocycles. The number of rotatable bonds is 5. The van der Waals surface area contributed by atoms with Gasteiger partial charge in [-0.2, -0.15) is 0 Å². The maximum Gasteiger partial charge on any atom is 0.0741 e. The van der Waals surface area contributed by atoms with E-state index in [4.69, 9.17) is 0 Å². The van der Waals surface area contributed by atoms with E-state index in [0.29, 0.717) is 6.04 Å². The molecule has 0 amide bonds. The minimum absolute atomic E-state index is 0.120. The molecule has 0 fully saturated rings. The van der Waals surface area contributed by atoms with Gasteiger partial charge in [0, 0.05) is 18.6 Å². The Kier molecular flexibility index (Phi) is 4.89. The molecule has 0 saturated carbocycles. The van der Waals surface area contributed by atoms with Crippen molar-refractivity contribution in [2.75, 3.05) is 20.6 Å². The van der Waals surface area contributed by atoms with E-state index in [-0.39, 0.29) is 6.04 Å². The Balaban J connectivity index is 3.77. The van der Waals surface area contributed by atoms with Gasteiger partial charge in [0.1, 0.15) is 0 Å². The Hall–Kier alpha value is -0.120. The van der Waals surface area contributed by atoms with Crippen LogP contribution in [0.25, 0.3) is 0 Å². The zero-order chi connectivity index (χ0) is 10.6. The van der Waals surface area contributed by atoms with Crippen LogP contribution in [0.2, 0.25) is 0 Å². The lowest BCUT2D eigenvalue weighted by atomic mass is 10.0. The van der Waals surface area contributed by atoms with Gasteiger partial charge in [0.2, 0.25) is 0 Å². The molecule has 2 unspecified atom stereocenters. The monoisotopic (exact) mass is 188 g/mol. The average Bonchev–Trinajstić information content (AvgIpc) is 1.97. The minimum atomic E-state index is -0.647. The molecule has 0 aliphatic heterocycles. The molecule has 2 N–H and O–H groups in total. The van der Waals surface area contributed by atoms with Crippen LogP contribution in [0.3, 0.4) is 0 Å². The van der Waals surface area contributed by atoms with Crippen molar-refractivity contribution in [3.8, 4) is 0 Å². The first kappa shape index (κ1) is 12.9. The van der Waals surface area contributed by atoms with Crippen LogP contribution in [0.4, 0.5) is 0 Å². The first-order valence-corrected chi connectivity index (χ1v) is 4.87. The van der Waals surface area contributed by atoms with Crippen LogP contribution in [0.1, 0.15) is 27.7 Å². The van der Waals surface area contributed by atoms with Gasteiger partial charge >= 0.3 is 0 Å². The van der Waals surface area contributed by atoms with Gasteiger partial charge in [0.25, 0.3) is 0 Å². The Morgan fingerprint density at radius 2 is 1.77 bits per heavy atom. The maximum absolute atomic E-state index is 9.66. The molecule has 80 valence electrons. The van der Waals surface area contributed by atoms with Crippen molar-refractivity contribution in [2.45, 2.75) is 45.4 Å². The predicted octanol–water partition coefficient (Wildman–Crippen LogP) is 0.685. The largest absolute Gasteiger partial charge is 0.389 e. The highest BCUT2D eigenvalue weighted by Gasteiger charge is 2.22. The van der Waals surface area contributed by atoms with Crippen molar-refractivity contribution in [3.63, 3.8) is 0 Å². The average molecular weight is 188 g/mol. The number of likely N-dealkylation sites (N-methyl/N-ethyl adjacent to an activating group) is 1. The van der Waals surface area contributed by atoms with E-state index >= 15 is 0 Å². The van der Waals surface area contributed by atoms with Gasteiger partial charge in [0.15, 0.2) is 0 Å². The molecule has 0 heterocycles. The molecule has 0 rings (SSSR count). The summed E-state index contributed by atoms with van der Waals surface area (Å²) in [7, 11) is 4.11. The maximum atomic E-state index is 9.66. The highest BCUT2D eigenvalue weighted by molar-refractivity contribution is 4.80. The molecule has 0 radical (unpaired) electrons. The fraction of sp³-hybridized carbons (Fsp3) is 1.00. The summed E-state index contributed by atoms with van der Waals surface area (Å²) in [6.45, 7) is 8.71. The highest BCUT2D eigenvalue weighted by atomic mass is 16.3. The molecule has 3 nitrogen and oxygen atoms in total.